The molecule has 26 heavy (non-hydrogen) atoms. The van der Waals surface area contributed by atoms with Crippen molar-refractivity contribution in [2.45, 2.75) is 6.92 Å². The fraction of sp³-hybridized carbons (Fsp3) is 0.0588. The number of halogens is 4. The Kier molecular flexibility index (Phi) is 4.37. The Balaban J connectivity index is 2.20. The third-order valence-electron chi connectivity index (χ3n) is 3.58. The van der Waals surface area contributed by atoms with E-state index in [1.807, 2.05) is 0 Å². The third kappa shape index (κ3) is 2.77. The quantitative estimate of drug-likeness (QED) is 0.184. The summed E-state index contributed by atoms with van der Waals surface area (Å²) in [5.74, 6) is -9.20. The lowest BCUT2D eigenvalue weighted by molar-refractivity contribution is 0.398. The number of fused-ring (bicyclic) bond motifs is 1. The van der Waals surface area contributed by atoms with Gasteiger partial charge in [0.15, 0.2) is 17.2 Å². The lowest BCUT2D eigenvalue weighted by atomic mass is 10.1. The molecule has 0 unspecified atom stereocenters. The number of hydrogen-bond donors (Lipinski definition) is 2. The molecule has 0 bridgehead atoms. The van der Waals surface area contributed by atoms with Crippen molar-refractivity contribution >= 4 is 22.4 Å². The number of para-hydroxylation sites is 1. The molecule has 0 spiro atoms. The molecule has 0 saturated heterocycles. The SMILES string of the molecule is C/C(=N\Nc1ccccc1)c1c(O)c2c(F)c(F)c(F)c(F)c2oc1=O. The second-order valence-corrected chi connectivity index (χ2v) is 5.25. The van der Waals surface area contributed by atoms with Crippen LogP contribution in [0.25, 0.3) is 11.0 Å². The number of rotatable bonds is 3. The van der Waals surface area contributed by atoms with E-state index in [1.54, 1.807) is 30.3 Å². The van der Waals surface area contributed by atoms with Crippen LogP contribution in [-0.2, 0) is 0 Å². The van der Waals surface area contributed by atoms with Crippen molar-refractivity contribution in [3.05, 3.63) is 69.6 Å². The van der Waals surface area contributed by atoms with Gasteiger partial charge in [-0.2, -0.15) is 9.49 Å². The highest BCUT2D eigenvalue weighted by Crippen LogP contribution is 2.33. The third-order valence-corrected chi connectivity index (χ3v) is 3.58. The van der Waals surface area contributed by atoms with Gasteiger partial charge in [-0.3, -0.25) is 5.43 Å². The fourth-order valence-electron chi connectivity index (χ4n) is 2.32. The minimum atomic E-state index is -2.15. The van der Waals surface area contributed by atoms with Gasteiger partial charge in [0.1, 0.15) is 16.7 Å². The molecule has 2 N–H and O–H groups in total. The molecule has 0 aliphatic carbocycles. The Labute approximate surface area is 143 Å². The van der Waals surface area contributed by atoms with Gasteiger partial charge in [-0.25, -0.2) is 18.0 Å². The van der Waals surface area contributed by atoms with Gasteiger partial charge in [-0.1, -0.05) is 18.2 Å². The highest BCUT2D eigenvalue weighted by molar-refractivity contribution is 6.05. The van der Waals surface area contributed by atoms with E-state index in [0.717, 1.165) is 0 Å². The van der Waals surface area contributed by atoms with E-state index in [-0.39, 0.29) is 5.71 Å². The van der Waals surface area contributed by atoms with Crippen LogP contribution in [-0.4, -0.2) is 10.8 Å². The number of anilines is 1. The molecule has 3 aromatic rings. The first kappa shape index (κ1) is 17.5. The van der Waals surface area contributed by atoms with E-state index in [4.69, 9.17) is 0 Å². The van der Waals surface area contributed by atoms with Gasteiger partial charge in [0.2, 0.25) is 11.6 Å². The summed E-state index contributed by atoms with van der Waals surface area (Å²) in [4.78, 5) is 12.0. The number of hydrazone groups is 1. The summed E-state index contributed by atoms with van der Waals surface area (Å²) in [5, 5.41) is 12.9. The number of benzene rings is 2. The van der Waals surface area contributed by atoms with Crippen LogP contribution in [0.3, 0.4) is 0 Å². The molecule has 1 aromatic heterocycles. The molecule has 1 heterocycles. The Hall–Kier alpha value is -3.36. The summed E-state index contributed by atoms with van der Waals surface area (Å²) in [6.45, 7) is 1.28. The summed E-state index contributed by atoms with van der Waals surface area (Å²) >= 11 is 0. The highest BCUT2D eigenvalue weighted by atomic mass is 19.2. The van der Waals surface area contributed by atoms with Gasteiger partial charge in [0.25, 0.3) is 0 Å². The standard InChI is InChI=1S/C17H10F4N2O3/c1-7(22-23-8-5-3-2-4-6-8)9-15(24)10-11(18)12(19)13(20)14(21)16(10)26-17(9)25/h2-6,23-24H,1H3/b22-7+. The van der Waals surface area contributed by atoms with Crippen LogP contribution >= 0.6 is 0 Å². The van der Waals surface area contributed by atoms with Crippen LogP contribution in [0.4, 0.5) is 23.2 Å². The van der Waals surface area contributed by atoms with E-state index in [2.05, 4.69) is 14.9 Å². The van der Waals surface area contributed by atoms with E-state index < -0.39 is 51.2 Å². The first-order chi connectivity index (χ1) is 12.3. The summed E-state index contributed by atoms with van der Waals surface area (Å²) in [5.41, 5.74) is -0.159. The minimum Gasteiger partial charge on any atom is -0.506 e. The zero-order valence-corrected chi connectivity index (χ0v) is 13.1. The predicted octanol–water partition coefficient (Wildman–Crippen LogP) is 3.89. The van der Waals surface area contributed by atoms with Crippen molar-refractivity contribution in [3.8, 4) is 5.75 Å². The van der Waals surface area contributed by atoms with E-state index in [0.29, 0.717) is 5.69 Å². The average Bonchev–Trinajstić information content (AvgIpc) is 2.63. The maximum atomic E-state index is 14.0. The Morgan fingerprint density at radius 2 is 1.65 bits per heavy atom. The molecule has 3 rings (SSSR count). The maximum Gasteiger partial charge on any atom is 0.349 e. The predicted molar refractivity (Wildman–Crippen MR) is 86.3 cm³/mol. The average molecular weight is 366 g/mol. The van der Waals surface area contributed by atoms with Gasteiger partial charge < -0.3 is 9.52 Å². The van der Waals surface area contributed by atoms with Crippen molar-refractivity contribution in [2.24, 2.45) is 5.10 Å². The van der Waals surface area contributed by atoms with Crippen molar-refractivity contribution in [1.82, 2.24) is 0 Å². The summed E-state index contributed by atoms with van der Waals surface area (Å²) in [6.07, 6.45) is 0. The molecule has 0 aliphatic rings. The second kappa shape index (κ2) is 6.51. The summed E-state index contributed by atoms with van der Waals surface area (Å²) in [7, 11) is 0. The molecule has 0 radical (unpaired) electrons. The normalized spacial score (nSPS) is 11.8. The Morgan fingerprint density at radius 1 is 1.04 bits per heavy atom. The van der Waals surface area contributed by atoms with Crippen LogP contribution in [0.5, 0.6) is 5.75 Å². The van der Waals surface area contributed by atoms with Crippen LogP contribution in [0, 0.1) is 23.3 Å². The van der Waals surface area contributed by atoms with E-state index >= 15 is 0 Å². The van der Waals surface area contributed by atoms with E-state index in [1.165, 1.54) is 6.92 Å². The molecule has 0 aliphatic heterocycles. The number of nitrogens with zero attached hydrogens (tertiary/aromatic N) is 1. The molecule has 0 fully saturated rings. The van der Waals surface area contributed by atoms with Crippen molar-refractivity contribution < 1.29 is 27.1 Å². The lowest BCUT2D eigenvalue weighted by Gasteiger charge is -2.09. The van der Waals surface area contributed by atoms with Crippen LogP contribution in [0.2, 0.25) is 0 Å². The number of hydrogen-bond acceptors (Lipinski definition) is 5. The van der Waals surface area contributed by atoms with Crippen LogP contribution in [0.15, 0.2) is 44.6 Å². The molecule has 0 saturated carbocycles. The molecule has 5 nitrogen and oxygen atoms in total. The van der Waals surface area contributed by atoms with Crippen molar-refractivity contribution in [3.63, 3.8) is 0 Å². The highest BCUT2D eigenvalue weighted by Gasteiger charge is 2.28. The molecule has 0 atom stereocenters. The Morgan fingerprint density at radius 3 is 2.31 bits per heavy atom. The first-order valence-corrected chi connectivity index (χ1v) is 7.20. The number of aromatic hydroxyl groups is 1. The zero-order valence-electron chi connectivity index (χ0n) is 13.1. The zero-order chi connectivity index (χ0) is 19.0. The monoisotopic (exact) mass is 366 g/mol. The lowest BCUT2D eigenvalue weighted by Crippen LogP contribution is -2.15. The van der Waals surface area contributed by atoms with Gasteiger partial charge >= 0.3 is 5.63 Å². The van der Waals surface area contributed by atoms with Crippen molar-refractivity contribution in [1.29, 1.82) is 0 Å². The van der Waals surface area contributed by atoms with E-state index in [9.17, 15) is 27.5 Å². The molecule has 2 aromatic carbocycles. The Bertz CT molecular complexity index is 1100. The second-order valence-electron chi connectivity index (χ2n) is 5.25. The van der Waals surface area contributed by atoms with Crippen LogP contribution < -0.4 is 11.1 Å². The molecule has 0 amide bonds. The van der Waals surface area contributed by atoms with Gasteiger partial charge in [-0.05, 0) is 19.1 Å². The molecular weight excluding hydrogens is 356 g/mol. The molecule has 9 heteroatoms. The van der Waals surface area contributed by atoms with Gasteiger partial charge in [-0.15, -0.1) is 0 Å². The minimum absolute atomic E-state index is 0.147. The number of nitrogens with one attached hydrogen (secondary N) is 1. The van der Waals surface area contributed by atoms with Crippen molar-refractivity contribution in [2.75, 3.05) is 5.43 Å². The summed E-state index contributed by atoms with van der Waals surface area (Å²) < 4.78 is 59.0. The first-order valence-electron chi connectivity index (χ1n) is 7.20. The maximum absolute atomic E-state index is 14.0. The van der Waals surface area contributed by atoms with Gasteiger partial charge in [0, 0.05) is 0 Å². The van der Waals surface area contributed by atoms with Crippen LogP contribution in [0.1, 0.15) is 12.5 Å². The topological polar surface area (TPSA) is 74.8 Å². The molecular formula is C17H10F4N2O3. The smallest absolute Gasteiger partial charge is 0.349 e. The fourth-order valence-corrected chi connectivity index (χ4v) is 2.32. The van der Waals surface area contributed by atoms with Gasteiger partial charge in [0.05, 0.1) is 11.4 Å². The molecule has 134 valence electrons. The largest absolute Gasteiger partial charge is 0.506 e. The summed E-state index contributed by atoms with van der Waals surface area (Å²) in [6, 6.07) is 8.50.